The maximum Gasteiger partial charge on any atom is 0.137 e. The summed E-state index contributed by atoms with van der Waals surface area (Å²) in [4.78, 5) is 9.09. The second-order valence-corrected chi connectivity index (χ2v) is 5.23. The molecule has 0 aliphatic heterocycles. The van der Waals surface area contributed by atoms with E-state index in [1.807, 2.05) is 13.8 Å². The molecular weight excluding hydrogens is 244 g/mol. The lowest BCUT2D eigenvalue weighted by Crippen LogP contribution is -2.06. The van der Waals surface area contributed by atoms with Crippen LogP contribution in [0.25, 0.3) is 0 Å². The third kappa shape index (κ3) is 1.81. The van der Waals surface area contributed by atoms with Gasteiger partial charge in [-0.3, -0.25) is 0 Å². The van der Waals surface area contributed by atoms with Crippen molar-refractivity contribution in [3.63, 3.8) is 0 Å². The van der Waals surface area contributed by atoms with Crippen molar-refractivity contribution in [2.75, 3.05) is 0 Å². The Morgan fingerprint density at radius 1 is 1.17 bits per heavy atom. The lowest BCUT2D eigenvalue weighted by atomic mass is 10.0. The minimum absolute atomic E-state index is 0.304. The predicted octanol–water partition coefficient (Wildman–Crippen LogP) is 3.82. The molecule has 1 aromatic heterocycles. The molecule has 3 heteroatoms. The van der Waals surface area contributed by atoms with Gasteiger partial charge in [-0.25, -0.2) is 9.97 Å². The van der Waals surface area contributed by atoms with Gasteiger partial charge < -0.3 is 0 Å². The van der Waals surface area contributed by atoms with E-state index in [0.717, 1.165) is 29.9 Å². The second-order valence-electron chi connectivity index (χ2n) is 4.87. The van der Waals surface area contributed by atoms with Crippen molar-refractivity contribution in [3.8, 4) is 0 Å². The molecule has 0 amide bonds. The number of hydrogen-bond acceptors (Lipinski definition) is 2. The fourth-order valence-corrected chi connectivity index (χ4v) is 2.82. The summed E-state index contributed by atoms with van der Waals surface area (Å²) in [5.41, 5.74) is 4.73. The smallest absolute Gasteiger partial charge is 0.137 e. The first-order valence-electron chi connectivity index (χ1n) is 6.25. The zero-order valence-corrected chi connectivity index (χ0v) is 11.3. The Morgan fingerprint density at radius 2 is 1.94 bits per heavy atom. The Kier molecular flexibility index (Phi) is 2.83. The molecule has 18 heavy (non-hydrogen) atoms. The molecule has 0 radical (unpaired) electrons. The van der Waals surface area contributed by atoms with Crippen LogP contribution in [0.4, 0.5) is 0 Å². The van der Waals surface area contributed by atoms with Crippen LogP contribution in [0.3, 0.4) is 0 Å². The average Bonchev–Trinajstić information content (AvgIpc) is 2.79. The summed E-state index contributed by atoms with van der Waals surface area (Å²) in [6.07, 6.45) is 2.19. The minimum atomic E-state index is 0.304. The maximum atomic E-state index is 6.17. The summed E-state index contributed by atoms with van der Waals surface area (Å²) in [6, 6.07) is 8.55. The second kappa shape index (κ2) is 4.36. The molecule has 3 rings (SSSR count). The van der Waals surface area contributed by atoms with Gasteiger partial charge in [-0.15, -0.1) is 0 Å². The summed E-state index contributed by atoms with van der Waals surface area (Å²) in [5.74, 6) is 1.17. The van der Waals surface area contributed by atoms with Gasteiger partial charge in [-0.1, -0.05) is 35.9 Å². The quantitative estimate of drug-likeness (QED) is 0.727. The molecule has 1 aromatic carbocycles. The highest BCUT2D eigenvalue weighted by atomic mass is 35.5. The van der Waals surface area contributed by atoms with Crippen LogP contribution in [0.15, 0.2) is 24.3 Å². The topological polar surface area (TPSA) is 25.8 Å². The molecule has 0 spiro atoms. The van der Waals surface area contributed by atoms with Gasteiger partial charge in [-0.2, -0.15) is 0 Å². The molecule has 2 nitrogen and oxygen atoms in total. The molecule has 1 atom stereocenters. The van der Waals surface area contributed by atoms with Crippen molar-refractivity contribution in [2.45, 2.75) is 32.6 Å². The number of benzene rings is 1. The van der Waals surface area contributed by atoms with E-state index in [1.165, 1.54) is 11.1 Å². The van der Waals surface area contributed by atoms with Gasteiger partial charge >= 0.3 is 0 Å². The summed E-state index contributed by atoms with van der Waals surface area (Å²) in [5, 5.41) is 0.585. The van der Waals surface area contributed by atoms with E-state index < -0.39 is 0 Å². The van der Waals surface area contributed by atoms with E-state index in [9.17, 15) is 0 Å². The van der Waals surface area contributed by atoms with E-state index in [4.69, 9.17) is 11.6 Å². The number of fused-ring (bicyclic) bond motifs is 1. The van der Waals surface area contributed by atoms with Crippen LogP contribution >= 0.6 is 11.6 Å². The van der Waals surface area contributed by atoms with Crippen molar-refractivity contribution in [3.05, 3.63) is 57.6 Å². The Balaban J connectivity index is 2.08. The van der Waals surface area contributed by atoms with E-state index >= 15 is 0 Å². The molecule has 0 fully saturated rings. The van der Waals surface area contributed by atoms with E-state index in [1.54, 1.807) is 0 Å². The standard InChI is InChI=1S/C15H15ClN2/c1-9-10(2)17-15(18-14(9)16)13-8-7-11-5-3-4-6-12(11)13/h3-6,13H,7-8H2,1-2H3. The molecule has 0 N–H and O–H groups in total. The Hall–Kier alpha value is -1.41. The predicted molar refractivity (Wildman–Crippen MR) is 73.1 cm³/mol. The summed E-state index contributed by atoms with van der Waals surface area (Å²) < 4.78 is 0. The van der Waals surface area contributed by atoms with Gasteiger partial charge in [0.2, 0.25) is 0 Å². The number of nitrogens with zero attached hydrogens (tertiary/aromatic N) is 2. The average molecular weight is 259 g/mol. The van der Waals surface area contributed by atoms with Crippen molar-refractivity contribution in [1.82, 2.24) is 9.97 Å². The van der Waals surface area contributed by atoms with Crippen LogP contribution < -0.4 is 0 Å². The third-order valence-corrected chi connectivity index (χ3v) is 4.16. The van der Waals surface area contributed by atoms with Gasteiger partial charge in [0.05, 0.1) is 0 Å². The van der Waals surface area contributed by atoms with Gasteiger partial charge in [0, 0.05) is 17.2 Å². The molecule has 0 saturated heterocycles. The molecule has 1 aliphatic rings. The third-order valence-electron chi connectivity index (χ3n) is 3.79. The van der Waals surface area contributed by atoms with E-state index in [-0.39, 0.29) is 0 Å². The van der Waals surface area contributed by atoms with Gasteiger partial charge in [0.1, 0.15) is 11.0 Å². The SMILES string of the molecule is Cc1nc(C2CCc3ccccc32)nc(Cl)c1C. The van der Waals surface area contributed by atoms with Gasteiger partial charge in [-0.05, 0) is 37.8 Å². The molecule has 1 aliphatic carbocycles. The van der Waals surface area contributed by atoms with Gasteiger partial charge in [0.15, 0.2) is 0 Å². The molecular formula is C15H15ClN2. The highest BCUT2D eigenvalue weighted by molar-refractivity contribution is 6.30. The molecule has 92 valence electrons. The number of aromatic nitrogens is 2. The fraction of sp³-hybridized carbons (Fsp3) is 0.333. The Bertz CT molecular complexity index is 584. The molecule has 2 aromatic rings. The maximum absolute atomic E-state index is 6.17. The number of rotatable bonds is 1. The normalized spacial score (nSPS) is 17.8. The number of halogens is 1. The van der Waals surface area contributed by atoms with Crippen LogP contribution in [-0.2, 0) is 6.42 Å². The van der Waals surface area contributed by atoms with E-state index in [0.29, 0.717) is 11.1 Å². The van der Waals surface area contributed by atoms with Crippen molar-refractivity contribution in [1.29, 1.82) is 0 Å². The summed E-state index contributed by atoms with van der Waals surface area (Å²) >= 11 is 6.17. The molecule has 1 unspecified atom stereocenters. The fourth-order valence-electron chi connectivity index (χ4n) is 2.60. The van der Waals surface area contributed by atoms with Crippen LogP contribution in [0.5, 0.6) is 0 Å². The highest BCUT2D eigenvalue weighted by Crippen LogP contribution is 2.37. The van der Waals surface area contributed by atoms with Crippen molar-refractivity contribution < 1.29 is 0 Å². The summed E-state index contributed by atoms with van der Waals surface area (Å²) in [7, 11) is 0. The number of aryl methyl sites for hydroxylation is 2. The van der Waals surface area contributed by atoms with Crippen LogP contribution in [0, 0.1) is 13.8 Å². The largest absolute Gasteiger partial charge is 0.237 e. The number of hydrogen-bond donors (Lipinski definition) is 0. The first-order chi connectivity index (χ1) is 8.66. The Morgan fingerprint density at radius 3 is 2.72 bits per heavy atom. The van der Waals surface area contributed by atoms with Crippen molar-refractivity contribution in [2.24, 2.45) is 0 Å². The molecule has 1 heterocycles. The molecule has 0 bridgehead atoms. The lowest BCUT2D eigenvalue weighted by Gasteiger charge is -2.12. The van der Waals surface area contributed by atoms with Crippen molar-refractivity contribution >= 4 is 11.6 Å². The van der Waals surface area contributed by atoms with Gasteiger partial charge in [0.25, 0.3) is 0 Å². The van der Waals surface area contributed by atoms with Crippen LogP contribution in [0.2, 0.25) is 5.15 Å². The summed E-state index contributed by atoms with van der Waals surface area (Å²) in [6.45, 7) is 3.96. The van der Waals surface area contributed by atoms with Crippen LogP contribution in [-0.4, -0.2) is 9.97 Å². The monoisotopic (exact) mass is 258 g/mol. The minimum Gasteiger partial charge on any atom is -0.237 e. The molecule has 0 saturated carbocycles. The zero-order valence-electron chi connectivity index (χ0n) is 10.6. The van der Waals surface area contributed by atoms with E-state index in [2.05, 4.69) is 34.2 Å². The zero-order chi connectivity index (χ0) is 12.7. The Labute approximate surface area is 112 Å². The first-order valence-corrected chi connectivity index (χ1v) is 6.63. The van der Waals surface area contributed by atoms with Crippen LogP contribution in [0.1, 0.15) is 40.5 Å². The first kappa shape index (κ1) is 11.7. The highest BCUT2D eigenvalue weighted by Gasteiger charge is 2.26. The lowest BCUT2D eigenvalue weighted by molar-refractivity contribution is 0.721.